The number of hydrogen-bond donors (Lipinski definition) is 0. The third-order valence-electron chi connectivity index (χ3n) is 4.09. The van der Waals surface area contributed by atoms with Crippen LogP contribution in [0.25, 0.3) is 16.8 Å². The molecule has 140 valence electrons. The predicted octanol–water partition coefficient (Wildman–Crippen LogP) is 4.10. The highest BCUT2D eigenvalue weighted by Gasteiger charge is 2.23. The molecule has 2 aromatic heterocycles. The van der Waals surface area contributed by atoms with Crippen LogP contribution in [0, 0.1) is 13.8 Å². The van der Waals surface area contributed by atoms with Crippen molar-refractivity contribution in [3.05, 3.63) is 70.4 Å². The number of aromatic nitrogens is 3. The second-order valence-electron chi connectivity index (χ2n) is 7.40. The van der Waals surface area contributed by atoms with E-state index in [1.165, 1.54) is 10.7 Å². The summed E-state index contributed by atoms with van der Waals surface area (Å²) in [5, 5.41) is 4.35. The monoisotopic (exact) mass is 365 g/mol. The van der Waals surface area contributed by atoms with Gasteiger partial charge in [0.25, 0.3) is 5.56 Å². The van der Waals surface area contributed by atoms with Gasteiger partial charge >= 0.3 is 6.09 Å². The quantitative estimate of drug-likeness (QED) is 0.686. The van der Waals surface area contributed by atoms with Gasteiger partial charge in [0.15, 0.2) is 0 Å². The van der Waals surface area contributed by atoms with Gasteiger partial charge in [-0.15, -0.1) is 0 Å². The predicted molar refractivity (Wildman–Crippen MR) is 104 cm³/mol. The lowest BCUT2D eigenvalue weighted by molar-refractivity contribution is 0.0510. The molecular formula is C21H23N3O3. The Labute approximate surface area is 158 Å². The molecule has 0 aliphatic rings. The van der Waals surface area contributed by atoms with E-state index in [4.69, 9.17) is 4.74 Å². The van der Waals surface area contributed by atoms with Crippen molar-refractivity contribution >= 4 is 6.09 Å². The highest BCUT2D eigenvalue weighted by Crippen LogP contribution is 2.27. The smallest absolute Gasteiger partial charge is 0.435 e. The van der Waals surface area contributed by atoms with Gasteiger partial charge in [0.2, 0.25) is 0 Å². The van der Waals surface area contributed by atoms with Crippen molar-refractivity contribution in [2.45, 2.75) is 40.2 Å². The van der Waals surface area contributed by atoms with E-state index in [0.29, 0.717) is 11.4 Å². The third kappa shape index (κ3) is 3.84. The first-order valence-electron chi connectivity index (χ1n) is 8.75. The second-order valence-corrected chi connectivity index (χ2v) is 7.40. The molecule has 0 saturated heterocycles. The van der Waals surface area contributed by atoms with Crippen LogP contribution in [0.3, 0.4) is 0 Å². The lowest BCUT2D eigenvalue weighted by Gasteiger charge is -2.19. The fraction of sp³-hybridized carbons (Fsp3) is 0.286. The van der Waals surface area contributed by atoms with Gasteiger partial charge in [0.1, 0.15) is 5.60 Å². The van der Waals surface area contributed by atoms with Crippen LogP contribution in [0.4, 0.5) is 4.79 Å². The molecule has 3 rings (SSSR count). The van der Waals surface area contributed by atoms with E-state index >= 15 is 0 Å². The van der Waals surface area contributed by atoms with Crippen molar-refractivity contribution < 1.29 is 9.53 Å². The number of nitrogens with zero attached hydrogens (tertiary/aromatic N) is 3. The van der Waals surface area contributed by atoms with Gasteiger partial charge in [-0.25, -0.2) is 4.79 Å². The average molecular weight is 365 g/mol. The summed E-state index contributed by atoms with van der Waals surface area (Å²) in [5.74, 6) is 0. The zero-order valence-corrected chi connectivity index (χ0v) is 16.2. The topological polar surface area (TPSA) is 66.1 Å². The Balaban J connectivity index is 2.08. The molecule has 0 N–H and O–H groups in total. The fourth-order valence-corrected chi connectivity index (χ4v) is 2.97. The minimum absolute atomic E-state index is 0.125. The molecule has 0 amide bonds. The molecule has 1 aromatic carbocycles. The third-order valence-corrected chi connectivity index (χ3v) is 4.09. The number of benzene rings is 1. The maximum atomic E-state index is 12.4. The lowest BCUT2D eigenvalue weighted by atomic mass is 10.1. The van der Waals surface area contributed by atoms with E-state index in [-0.39, 0.29) is 5.56 Å². The first kappa shape index (κ1) is 18.6. The molecule has 0 unspecified atom stereocenters. The van der Waals surface area contributed by atoms with Crippen LogP contribution in [0.2, 0.25) is 0 Å². The average Bonchev–Trinajstić information content (AvgIpc) is 2.90. The summed E-state index contributed by atoms with van der Waals surface area (Å²) in [5.41, 5.74) is 3.02. The van der Waals surface area contributed by atoms with Crippen LogP contribution in [0.5, 0.6) is 0 Å². The Morgan fingerprint density at radius 3 is 2.33 bits per heavy atom. The standard InChI is InChI=1S/C21H23N3O3/c1-14-19(15(2)24(22-14)20(26)27-21(3,4)5)16-11-12-18(25)23(13-16)17-9-7-6-8-10-17/h6-13H,1-5H3. The number of aryl methyl sites for hydroxylation is 1. The fourth-order valence-electron chi connectivity index (χ4n) is 2.97. The highest BCUT2D eigenvalue weighted by molar-refractivity contribution is 5.76. The van der Waals surface area contributed by atoms with E-state index in [1.54, 1.807) is 16.8 Å². The van der Waals surface area contributed by atoms with Crippen LogP contribution in [-0.4, -0.2) is 26.0 Å². The highest BCUT2D eigenvalue weighted by atomic mass is 16.6. The minimum Gasteiger partial charge on any atom is -0.442 e. The zero-order chi connectivity index (χ0) is 19.8. The molecule has 0 bridgehead atoms. The number of rotatable bonds is 2. The molecule has 0 fully saturated rings. The van der Waals surface area contributed by atoms with Crippen molar-refractivity contribution in [2.24, 2.45) is 0 Å². The molecule has 0 aliphatic carbocycles. The summed E-state index contributed by atoms with van der Waals surface area (Å²) in [4.78, 5) is 24.8. The number of carbonyl (C=O) groups excluding carboxylic acids is 1. The number of pyridine rings is 1. The largest absolute Gasteiger partial charge is 0.442 e. The van der Waals surface area contributed by atoms with E-state index in [9.17, 15) is 9.59 Å². The van der Waals surface area contributed by atoms with E-state index in [1.807, 2.05) is 65.0 Å². The minimum atomic E-state index is -0.607. The Morgan fingerprint density at radius 2 is 1.70 bits per heavy atom. The number of carbonyl (C=O) groups is 1. The maximum Gasteiger partial charge on any atom is 0.435 e. The van der Waals surface area contributed by atoms with Crippen LogP contribution in [-0.2, 0) is 4.74 Å². The van der Waals surface area contributed by atoms with Gasteiger partial charge in [-0.1, -0.05) is 18.2 Å². The van der Waals surface area contributed by atoms with E-state index in [0.717, 1.165) is 16.8 Å². The molecule has 3 aromatic rings. The molecule has 0 saturated carbocycles. The van der Waals surface area contributed by atoms with Gasteiger partial charge in [0, 0.05) is 29.1 Å². The summed E-state index contributed by atoms with van der Waals surface area (Å²) in [6.07, 6.45) is 1.25. The summed E-state index contributed by atoms with van der Waals surface area (Å²) in [7, 11) is 0. The van der Waals surface area contributed by atoms with Crippen LogP contribution in [0.15, 0.2) is 53.5 Å². The summed E-state index contributed by atoms with van der Waals surface area (Å²) in [6, 6.07) is 12.7. The van der Waals surface area contributed by atoms with Gasteiger partial charge in [-0.05, 0) is 52.8 Å². The molecule has 0 atom stereocenters. The molecular weight excluding hydrogens is 342 g/mol. The number of ether oxygens (including phenoxy) is 1. The van der Waals surface area contributed by atoms with Crippen LogP contribution in [0.1, 0.15) is 32.2 Å². The molecule has 6 nitrogen and oxygen atoms in total. The molecule has 0 spiro atoms. The van der Waals surface area contributed by atoms with Crippen molar-refractivity contribution in [2.75, 3.05) is 0 Å². The van der Waals surface area contributed by atoms with Gasteiger partial charge in [0.05, 0.1) is 11.4 Å². The Morgan fingerprint density at radius 1 is 1.04 bits per heavy atom. The second kappa shape index (κ2) is 6.87. The first-order valence-corrected chi connectivity index (χ1v) is 8.75. The van der Waals surface area contributed by atoms with Crippen molar-refractivity contribution in [3.8, 4) is 16.8 Å². The van der Waals surface area contributed by atoms with Crippen LogP contribution < -0.4 is 5.56 Å². The van der Waals surface area contributed by atoms with Gasteiger partial charge in [-0.2, -0.15) is 9.78 Å². The van der Waals surface area contributed by atoms with Crippen molar-refractivity contribution in [1.82, 2.24) is 14.3 Å². The maximum absolute atomic E-state index is 12.4. The summed E-state index contributed by atoms with van der Waals surface area (Å²) >= 11 is 0. The van der Waals surface area contributed by atoms with E-state index < -0.39 is 11.7 Å². The summed E-state index contributed by atoms with van der Waals surface area (Å²) < 4.78 is 8.28. The lowest BCUT2D eigenvalue weighted by Crippen LogP contribution is -2.28. The Kier molecular flexibility index (Phi) is 4.74. The van der Waals surface area contributed by atoms with Gasteiger partial charge < -0.3 is 4.74 Å². The Hall–Kier alpha value is -3.15. The Bertz CT molecular complexity index is 1040. The molecule has 2 heterocycles. The molecule has 0 radical (unpaired) electrons. The van der Waals surface area contributed by atoms with E-state index in [2.05, 4.69) is 5.10 Å². The number of hydrogen-bond acceptors (Lipinski definition) is 4. The van der Waals surface area contributed by atoms with Crippen molar-refractivity contribution in [1.29, 1.82) is 0 Å². The summed E-state index contributed by atoms with van der Waals surface area (Å²) in [6.45, 7) is 9.09. The zero-order valence-electron chi connectivity index (χ0n) is 16.2. The molecule has 27 heavy (non-hydrogen) atoms. The molecule has 0 aliphatic heterocycles. The number of para-hydroxylation sites is 1. The molecule has 6 heteroatoms. The first-order chi connectivity index (χ1) is 12.7. The van der Waals surface area contributed by atoms with Crippen molar-refractivity contribution in [3.63, 3.8) is 0 Å². The SMILES string of the molecule is Cc1nn(C(=O)OC(C)(C)C)c(C)c1-c1ccc(=O)n(-c2ccccc2)c1. The normalized spacial score (nSPS) is 11.4. The van der Waals surface area contributed by atoms with Gasteiger partial charge in [-0.3, -0.25) is 9.36 Å². The van der Waals surface area contributed by atoms with Crippen LogP contribution >= 0.6 is 0 Å².